The van der Waals surface area contributed by atoms with Crippen molar-refractivity contribution in [1.29, 1.82) is 0 Å². The van der Waals surface area contributed by atoms with Crippen LogP contribution in [0.4, 0.5) is 4.39 Å². The maximum atomic E-state index is 14.6. The van der Waals surface area contributed by atoms with Crippen molar-refractivity contribution in [3.8, 4) is 22.5 Å². The molecule has 2 nitrogen and oxygen atoms in total. The molecule has 1 aromatic heterocycles. The minimum absolute atomic E-state index is 0.179. The Kier molecular flexibility index (Phi) is 5.92. The van der Waals surface area contributed by atoms with Gasteiger partial charge in [0, 0.05) is 21.7 Å². The highest BCUT2D eigenvalue weighted by Gasteiger charge is 2.21. The van der Waals surface area contributed by atoms with Gasteiger partial charge in [0.15, 0.2) is 0 Å². The molecule has 0 N–H and O–H groups in total. The molecule has 5 heteroatoms. The summed E-state index contributed by atoms with van der Waals surface area (Å²) in [5.41, 5.74) is 8.37. The molecule has 4 aromatic rings. The Morgan fingerprint density at radius 2 is 1.42 bits per heavy atom. The molecular weight excluding hydrogens is 430 g/mol. The largest absolute Gasteiger partial charge is 0.258 e. The first-order valence-corrected chi connectivity index (χ1v) is 10.9. The van der Waals surface area contributed by atoms with Crippen molar-refractivity contribution in [3.05, 3.63) is 98.3 Å². The lowest BCUT2D eigenvalue weighted by Gasteiger charge is -2.11. The van der Waals surface area contributed by atoms with Crippen molar-refractivity contribution < 1.29 is 4.39 Å². The number of hydrogen-bond acceptors (Lipinski definition) is 1. The zero-order valence-corrected chi connectivity index (χ0v) is 19.4. The summed E-state index contributed by atoms with van der Waals surface area (Å²) in [4.78, 5) is 0. The highest BCUT2D eigenvalue weighted by molar-refractivity contribution is 6.35. The van der Waals surface area contributed by atoms with E-state index in [1.807, 2.05) is 12.1 Å². The van der Waals surface area contributed by atoms with Crippen molar-refractivity contribution in [1.82, 2.24) is 9.78 Å². The molecular formula is C26H23Cl2FN2. The summed E-state index contributed by atoms with van der Waals surface area (Å²) in [5.74, 6) is -0.363. The first-order chi connectivity index (χ1) is 14.8. The van der Waals surface area contributed by atoms with Crippen LogP contribution in [0.3, 0.4) is 0 Å². The number of benzene rings is 3. The van der Waals surface area contributed by atoms with E-state index in [1.54, 1.807) is 16.8 Å². The lowest BCUT2D eigenvalue weighted by Crippen LogP contribution is -2.07. The fraction of sp³-hybridized carbons (Fsp3) is 0.192. The Morgan fingerprint density at radius 3 is 2.03 bits per heavy atom. The third kappa shape index (κ3) is 4.13. The van der Waals surface area contributed by atoms with Crippen LogP contribution in [0.5, 0.6) is 0 Å². The predicted octanol–water partition coefficient (Wildman–Crippen LogP) is 7.94. The second kappa shape index (κ2) is 8.49. The molecule has 1 heterocycles. The second-order valence-corrected chi connectivity index (χ2v) is 8.75. The number of hydrogen-bond donors (Lipinski definition) is 0. The normalized spacial score (nSPS) is 11.2. The zero-order chi connectivity index (χ0) is 22.3. The van der Waals surface area contributed by atoms with Crippen LogP contribution in [0.15, 0.2) is 54.6 Å². The van der Waals surface area contributed by atoms with Crippen molar-refractivity contribution >= 4 is 23.2 Å². The van der Waals surface area contributed by atoms with E-state index in [9.17, 15) is 4.39 Å². The van der Waals surface area contributed by atoms with Crippen molar-refractivity contribution in [3.63, 3.8) is 0 Å². The van der Waals surface area contributed by atoms with Crippen LogP contribution in [0.2, 0.25) is 10.0 Å². The van der Waals surface area contributed by atoms with Gasteiger partial charge in [0.2, 0.25) is 0 Å². The van der Waals surface area contributed by atoms with Gasteiger partial charge in [0.1, 0.15) is 11.5 Å². The number of halogens is 3. The van der Waals surface area contributed by atoms with Crippen LogP contribution in [0, 0.1) is 33.5 Å². The molecule has 158 valence electrons. The van der Waals surface area contributed by atoms with E-state index < -0.39 is 0 Å². The number of aromatic nitrogens is 2. The van der Waals surface area contributed by atoms with Gasteiger partial charge in [-0.25, -0.2) is 4.39 Å². The molecule has 31 heavy (non-hydrogen) atoms. The Hall–Kier alpha value is -2.62. The van der Waals surface area contributed by atoms with Crippen LogP contribution in [0.25, 0.3) is 22.5 Å². The molecule has 0 atom stereocenters. The fourth-order valence-electron chi connectivity index (χ4n) is 3.63. The first-order valence-electron chi connectivity index (χ1n) is 10.1. The Labute approximate surface area is 192 Å². The van der Waals surface area contributed by atoms with Crippen molar-refractivity contribution in [2.24, 2.45) is 0 Å². The molecule has 3 aromatic carbocycles. The van der Waals surface area contributed by atoms with E-state index in [0.717, 1.165) is 27.9 Å². The van der Waals surface area contributed by atoms with Gasteiger partial charge in [-0.15, -0.1) is 0 Å². The average Bonchev–Trinajstić information content (AvgIpc) is 3.05. The van der Waals surface area contributed by atoms with E-state index in [2.05, 4.69) is 52.0 Å². The number of nitrogens with zero attached hydrogens (tertiary/aromatic N) is 2. The summed E-state index contributed by atoms with van der Waals surface area (Å²) < 4.78 is 16.3. The molecule has 0 aliphatic rings. The third-order valence-electron chi connectivity index (χ3n) is 5.82. The highest BCUT2D eigenvalue weighted by atomic mass is 35.5. The monoisotopic (exact) mass is 452 g/mol. The van der Waals surface area contributed by atoms with Gasteiger partial charge < -0.3 is 0 Å². The molecule has 0 saturated heterocycles. The summed E-state index contributed by atoms with van der Waals surface area (Å²) in [5, 5.41) is 5.72. The quantitative estimate of drug-likeness (QED) is 0.307. The number of rotatable bonds is 4. The summed E-state index contributed by atoms with van der Waals surface area (Å²) in [7, 11) is 0. The smallest absolute Gasteiger partial charge is 0.129 e. The van der Waals surface area contributed by atoms with E-state index >= 15 is 0 Å². The maximum Gasteiger partial charge on any atom is 0.129 e. The molecule has 0 amide bonds. The molecule has 0 fully saturated rings. The van der Waals surface area contributed by atoms with Crippen molar-refractivity contribution in [2.75, 3.05) is 0 Å². The molecule has 4 rings (SSSR count). The predicted molar refractivity (Wildman–Crippen MR) is 128 cm³/mol. The molecule has 0 aliphatic heterocycles. The van der Waals surface area contributed by atoms with Gasteiger partial charge in [-0.3, -0.25) is 4.68 Å². The fourth-order valence-corrected chi connectivity index (χ4v) is 4.20. The highest BCUT2D eigenvalue weighted by Crippen LogP contribution is 2.38. The molecule has 0 bridgehead atoms. The minimum Gasteiger partial charge on any atom is -0.258 e. The molecule has 0 unspecified atom stereocenters. The molecule has 0 aliphatic carbocycles. The summed E-state index contributed by atoms with van der Waals surface area (Å²) in [6.45, 7) is 8.44. The summed E-state index contributed by atoms with van der Waals surface area (Å²) >= 11 is 13.2. The molecule has 0 radical (unpaired) electrons. The SMILES string of the molecule is Cc1ccc(-c2nn(Cc3c(F)cccc3Cl)c(-c3ccc(C)c(C)c3)c2Cl)cc1C. The van der Waals surface area contributed by atoms with E-state index in [1.165, 1.54) is 17.2 Å². The van der Waals surface area contributed by atoms with Gasteiger partial charge in [-0.2, -0.15) is 5.10 Å². The van der Waals surface area contributed by atoms with Crippen LogP contribution in [-0.4, -0.2) is 9.78 Å². The van der Waals surface area contributed by atoms with Crippen LogP contribution < -0.4 is 0 Å². The Bertz CT molecular complexity index is 1270. The standard InChI is InChI=1S/C26H23Cl2FN2/c1-15-8-10-19(12-17(15)3)25-24(28)26(20-11-9-16(2)18(4)13-20)31(30-25)14-21-22(27)6-5-7-23(21)29/h5-13H,14H2,1-4H3. The third-order valence-corrected chi connectivity index (χ3v) is 6.54. The maximum absolute atomic E-state index is 14.6. The van der Waals surface area contributed by atoms with E-state index in [-0.39, 0.29) is 12.4 Å². The van der Waals surface area contributed by atoms with Gasteiger partial charge in [-0.05, 0) is 74.2 Å². The van der Waals surface area contributed by atoms with E-state index in [4.69, 9.17) is 28.3 Å². The van der Waals surface area contributed by atoms with Crippen LogP contribution in [-0.2, 0) is 6.54 Å². The van der Waals surface area contributed by atoms with Gasteiger partial charge in [0.05, 0.1) is 17.3 Å². The van der Waals surface area contributed by atoms with Gasteiger partial charge >= 0.3 is 0 Å². The van der Waals surface area contributed by atoms with Crippen molar-refractivity contribution in [2.45, 2.75) is 34.2 Å². The van der Waals surface area contributed by atoms with E-state index in [0.29, 0.717) is 21.3 Å². The lowest BCUT2D eigenvalue weighted by atomic mass is 10.0. The van der Waals surface area contributed by atoms with Gasteiger partial charge in [0.25, 0.3) is 0 Å². The number of aryl methyl sites for hydroxylation is 4. The zero-order valence-electron chi connectivity index (χ0n) is 17.9. The summed E-state index contributed by atoms with van der Waals surface area (Å²) in [6.07, 6.45) is 0. The Balaban J connectivity index is 1.93. The minimum atomic E-state index is -0.363. The molecule has 0 saturated carbocycles. The average molecular weight is 453 g/mol. The van der Waals surface area contributed by atoms with Gasteiger partial charge in [-0.1, -0.05) is 53.5 Å². The molecule has 0 spiro atoms. The van der Waals surface area contributed by atoms with Crippen LogP contribution >= 0.6 is 23.2 Å². The first kappa shape index (κ1) is 21.6. The van der Waals surface area contributed by atoms with Crippen LogP contribution in [0.1, 0.15) is 27.8 Å². The summed E-state index contributed by atoms with van der Waals surface area (Å²) in [6, 6.07) is 17.0. The lowest BCUT2D eigenvalue weighted by molar-refractivity contribution is 0.587. The topological polar surface area (TPSA) is 17.8 Å². The second-order valence-electron chi connectivity index (χ2n) is 7.97. The Morgan fingerprint density at radius 1 is 0.806 bits per heavy atom.